The third-order valence-corrected chi connectivity index (χ3v) is 7.97. The van der Waals surface area contributed by atoms with Crippen LogP contribution in [-0.4, -0.2) is 68.7 Å². The van der Waals surface area contributed by atoms with Crippen LogP contribution in [0.3, 0.4) is 0 Å². The zero-order valence-electron chi connectivity index (χ0n) is 23.2. The number of carbonyl (C=O) groups is 2. The molecule has 1 saturated carbocycles. The normalized spacial score (nSPS) is 21.4. The number of imidazole rings is 1. The molecule has 2 amide bonds. The van der Waals surface area contributed by atoms with Gasteiger partial charge in [0.15, 0.2) is 5.65 Å². The highest BCUT2D eigenvalue weighted by molar-refractivity contribution is 5.92. The molecule has 0 aromatic carbocycles. The molecule has 1 aliphatic heterocycles. The van der Waals surface area contributed by atoms with Gasteiger partial charge in [0.1, 0.15) is 5.69 Å². The Labute approximate surface area is 234 Å². The van der Waals surface area contributed by atoms with E-state index in [9.17, 15) is 27.2 Å². The maximum absolute atomic E-state index is 14.1. The Bertz CT molecular complexity index is 1430. The van der Waals surface area contributed by atoms with E-state index in [1.54, 1.807) is 42.0 Å². The molecule has 2 fully saturated rings. The summed E-state index contributed by atoms with van der Waals surface area (Å²) in [5.41, 5.74) is 2.28. The highest BCUT2D eigenvalue weighted by Crippen LogP contribution is 2.41. The number of halogens is 4. The summed E-state index contributed by atoms with van der Waals surface area (Å²) in [6.07, 6.45) is 2.40. The SMILES string of the molecule is CCn1nccc1C(=O)NC(c1cn2nc(CC3CC(F)(F)CNC3=O)c(N(C)C)cc2n1)C1CCC(F)(F)CC1. The summed E-state index contributed by atoms with van der Waals surface area (Å²) >= 11 is 0. The van der Waals surface area contributed by atoms with E-state index in [4.69, 9.17) is 4.98 Å². The standard InChI is InChI=1S/C27H34F4N8O2/c1-4-38-20(7-10-33-38)25(41)35-23(16-5-8-26(28,29)9-6-16)19-14-39-22(34-19)12-21(37(2)3)18(36-39)11-17-13-27(30,31)15-32-24(17)40/h7,10,12,14,16-17,23H,4-6,8-9,11,13,15H2,1-3H3,(H,32,40)(H,35,41). The molecule has 0 bridgehead atoms. The number of rotatable bonds is 8. The quantitative estimate of drug-likeness (QED) is 0.396. The fourth-order valence-electron chi connectivity index (χ4n) is 5.76. The van der Waals surface area contributed by atoms with Gasteiger partial charge in [0.05, 0.1) is 35.9 Å². The Morgan fingerprint density at radius 2 is 1.95 bits per heavy atom. The summed E-state index contributed by atoms with van der Waals surface area (Å²) in [5.74, 6) is -7.83. The fourth-order valence-corrected chi connectivity index (χ4v) is 5.76. The van der Waals surface area contributed by atoms with E-state index < -0.39 is 48.6 Å². The third kappa shape index (κ3) is 6.15. The van der Waals surface area contributed by atoms with Gasteiger partial charge in [-0.15, -0.1) is 0 Å². The number of piperidine rings is 1. The molecule has 5 rings (SSSR count). The monoisotopic (exact) mass is 578 g/mol. The van der Waals surface area contributed by atoms with Crippen LogP contribution in [-0.2, 0) is 17.8 Å². The highest BCUT2D eigenvalue weighted by atomic mass is 19.3. The summed E-state index contributed by atoms with van der Waals surface area (Å²) in [6.45, 7) is 1.66. The Hall–Kier alpha value is -3.71. The summed E-state index contributed by atoms with van der Waals surface area (Å²) in [6, 6.07) is 2.66. The second-order valence-corrected chi connectivity index (χ2v) is 11.2. The van der Waals surface area contributed by atoms with Crippen molar-refractivity contribution in [2.75, 3.05) is 25.5 Å². The number of nitrogens with zero attached hydrogens (tertiary/aromatic N) is 6. The molecule has 0 spiro atoms. The van der Waals surface area contributed by atoms with E-state index in [1.165, 1.54) is 10.7 Å². The van der Waals surface area contributed by atoms with Crippen molar-refractivity contribution in [3.63, 3.8) is 0 Å². The van der Waals surface area contributed by atoms with E-state index in [2.05, 4.69) is 20.8 Å². The first-order chi connectivity index (χ1) is 19.4. The van der Waals surface area contributed by atoms with Gasteiger partial charge in [-0.25, -0.2) is 27.1 Å². The highest BCUT2D eigenvalue weighted by Gasteiger charge is 2.42. The minimum absolute atomic E-state index is 0.00271. The van der Waals surface area contributed by atoms with Gasteiger partial charge in [-0.3, -0.25) is 14.3 Å². The molecular weight excluding hydrogens is 544 g/mol. The molecule has 1 saturated heterocycles. The van der Waals surface area contributed by atoms with Crippen LogP contribution in [0.25, 0.3) is 5.65 Å². The van der Waals surface area contributed by atoms with Crippen molar-refractivity contribution in [2.45, 2.75) is 69.9 Å². The van der Waals surface area contributed by atoms with E-state index in [1.807, 2.05) is 6.92 Å². The van der Waals surface area contributed by atoms with Crippen molar-refractivity contribution in [3.05, 3.63) is 41.6 Å². The lowest BCUT2D eigenvalue weighted by molar-refractivity contribution is -0.136. The molecule has 3 aromatic heterocycles. The van der Waals surface area contributed by atoms with Gasteiger partial charge in [0.25, 0.3) is 11.8 Å². The molecule has 41 heavy (non-hydrogen) atoms. The van der Waals surface area contributed by atoms with Crippen LogP contribution in [0.1, 0.15) is 66.9 Å². The lowest BCUT2D eigenvalue weighted by atomic mass is 9.81. The lowest BCUT2D eigenvalue weighted by Crippen LogP contribution is -2.48. The Kier molecular flexibility index (Phi) is 7.68. The fraction of sp³-hybridized carbons (Fsp3) is 0.593. The first kappa shape index (κ1) is 28.8. The zero-order chi connectivity index (χ0) is 29.5. The molecule has 222 valence electrons. The summed E-state index contributed by atoms with van der Waals surface area (Å²) in [5, 5.41) is 14.1. The van der Waals surface area contributed by atoms with Crippen LogP contribution >= 0.6 is 0 Å². The molecule has 2 aliphatic rings. The Balaban J connectivity index is 1.49. The summed E-state index contributed by atoms with van der Waals surface area (Å²) in [7, 11) is 3.55. The van der Waals surface area contributed by atoms with Crippen LogP contribution in [0.4, 0.5) is 23.2 Å². The number of anilines is 1. The van der Waals surface area contributed by atoms with Gasteiger partial charge in [0, 0.05) is 64.5 Å². The number of fused-ring (bicyclic) bond motifs is 1. The van der Waals surface area contributed by atoms with E-state index in [0.717, 1.165) is 0 Å². The number of aromatic nitrogens is 5. The van der Waals surface area contributed by atoms with Crippen LogP contribution in [0.2, 0.25) is 0 Å². The average Bonchev–Trinajstić information content (AvgIpc) is 3.55. The van der Waals surface area contributed by atoms with Crippen LogP contribution in [0.15, 0.2) is 24.5 Å². The number of carbonyl (C=O) groups excluding carboxylic acids is 2. The van der Waals surface area contributed by atoms with E-state index in [0.29, 0.717) is 35.0 Å². The number of nitrogens with one attached hydrogen (secondary N) is 2. The number of aryl methyl sites for hydroxylation is 1. The molecule has 3 aromatic rings. The predicted octanol–water partition coefficient (Wildman–Crippen LogP) is 3.62. The maximum atomic E-state index is 14.1. The second-order valence-electron chi connectivity index (χ2n) is 11.2. The molecule has 0 radical (unpaired) electrons. The van der Waals surface area contributed by atoms with Gasteiger partial charge in [0.2, 0.25) is 11.8 Å². The van der Waals surface area contributed by atoms with Crippen LogP contribution in [0, 0.1) is 11.8 Å². The number of hydrogen-bond acceptors (Lipinski definition) is 6. The van der Waals surface area contributed by atoms with Crippen molar-refractivity contribution in [2.24, 2.45) is 11.8 Å². The largest absolute Gasteiger partial charge is 0.376 e. The van der Waals surface area contributed by atoms with Crippen molar-refractivity contribution >= 4 is 23.1 Å². The molecule has 10 nitrogen and oxygen atoms in total. The van der Waals surface area contributed by atoms with Gasteiger partial charge in [-0.05, 0) is 31.7 Å². The van der Waals surface area contributed by atoms with Gasteiger partial charge >= 0.3 is 0 Å². The predicted molar refractivity (Wildman–Crippen MR) is 142 cm³/mol. The van der Waals surface area contributed by atoms with E-state index >= 15 is 0 Å². The lowest BCUT2D eigenvalue weighted by Gasteiger charge is -2.33. The van der Waals surface area contributed by atoms with Crippen molar-refractivity contribution in [1.29, 1.82) is 0 Å². The van der Waals surface area contributed by atoms with Crippen molar-refractivity contribution in [3.8, 4) is 0 Å². The minimum Gasteiger partial charge on any atom is -0.376 e. The molecule has 2 unspecified atom stereocenters. The minimum atomic E-state index is -3.00. The molecule has 2 N–H and O–H groups in total. The molecular formula is C27H34F4N8O2. The average molecular weight is 579 g/mol. The zero-order valence-corrected chi connectivity index (χ0v) is 23.2. The maximum Gasteiger partial charge on any atom is 0.270 e. The smallest absolute Gasteiger partial charge is 0.270 e. The first-order valence-corrected chi connectivity index (χ1v) is 13.8. The molecule has 2 atom stereocenters. The molecule has 1 aliphatic carbocycles. The third-order valence-electron chi connectivity index (χ3n) is 7.97. The summed E-state index contributed by atoms with van der Waals surface area (Å²) in [4.78, 5) is 32.2. The molecule has 14 heteroatoms. The Morgan fingerprint density at radius 3 is 2.63 bits per heavy atom. The van der Waals surface area contributed by atoms with Crippen LogP contribution < -0.4 is 15.5 Å². The summed E-state index contributed by atoms with van der Waals surface area (Å²) < 4.78 is 59.2. The van der Waals surface area contributed by atoms with Gasteiger partial charge < -0.3 is 15.5 Å². The first-order valence-electron chi connectivity index (χ1n) is 13.8. The molecule has 4 heterocycles. The van der Waals surface area contributed by atoms with E-state index in [-0.39, 0.29) is 38.0 Å². The number of hydrogen-bond donors (Lipinski definition) is 2. The van der Waals surface area contributed by atoms with Crippen molar-refractivity contribution < 1.29 is 27.2 Å². The number of alkyl halides is 4. The number of amides is 2. The van der Waals surface area contributed by atoms with Crippen molar-refractivity contribution in [1.82, 2.24) is 35.0 Å². The Morgan fingerprint density at radius 1 is 1.22 bits per heavy atom. The van der Waals surface area contributed by atoms with Crippen LogP contribution in [0.5, 0.6) is 0 Å². The van der Waals surface area contributed by atoms with Gasteiger partial charge in [-0.2, -0.15) is 10.2 Å². The topological polar surface area (TPSA) is 109 Å². The van der Waals surface area contributed by atoms with Gasteiger partial charge in [-0.1, -0.05) is 0 Å². The second kappa shape index (κ2) is 10.9.